The van der Waals surface area contributed by atoms with Gasteiger partial charge in [0.05, 0.1) is 18.8 Å². The fraction of sp³-hybridized carbons (Fsp3) is 0.667. The lowest BCUT2D eigenvalue weighted by atomic mass is 9.69. The first-order valence-corrected chi connectivity index (χ1v) is 8.58. The van der Waals surface area contributed by atoms with E-state index >= 15 is 0 Å². The maximum Gasteiger partial charge on any atom is 0.142 e. The quantitative estimate of drug-likeness (QED) is 0.899. The number of rotatable bonds is 3. The van der Waals surface area contributed by atoms with Gasteiger partial charge in [-0.1, -0.05) is 19.9 Å². The molecule has 1 atom stereocenters. The number of morpholine rings is 1. The number of aromatic nitrogens is 1. The Kier molecular flexibility index (Phi) is 4.77. The van der Waals surface area contributed by atoms with Crippen molar-refractivity contribution in [3.8, 4) is 6.07 Å². The lowest BCUT2D eigenvalue weighted by molar-refractivity contribution is -0.111. The summed E-state index contributed by atoms with van der Waals surface area (Å²) in [6, 6.07) is 7.60. The molecule has 0 spiro atoms. The molecule has 0 saturated carbocycles. The largest absolute Gasteiger partial charge is 0.388 e. The van der Waals surface area contributed by atoms with Gasteiger partial charge < -0.3 is 14.7 Å². The summed E-state index contributed by atoms with van der Waals surface area (Å²) in [6.07, 6.45) is 0.690. The number of pyridine rings is 1. The molecule has 1 aromatic rings. The first-order chi connectivity index (χ1) is 11.4. The average Bonchev–Trinajstić information content (AvgIpc) is 2.58. The second-order valence-electron chi connectivity index (χ2n) is 7.47. The molecule has 3 heterocycles. The molecule has 2 aliphatic heterocycles. The topological polar surface area (TPSA) is 72.6 Å². The van der Waals surface area contributed by atoms with Crippen LogP contribution < -0.4 is 4.90 Å². The zero-order valence-corrected chi connectivity index (χ0v) is 14.5. The second kappa shape index (κ2) is 6.67. The van der Waals surface area contributed by atoms with Crippen LogP contribution in [0, 0.1) is 16.7 Å². The molecule has 3 rings (SSSR count). The number of aliphatic hydroxyl groups is 1. The molecule has 6 nitrogen and oxygen atoms in total. The maximum absolute atomic E-state index is 11.3. The van der Waals surface area contributed by atoms with Crippen molar-refractivity contribution in [1.29, 1.82) is 5.26 Å². The molecule has 0 aromatic carbocycles. The number of anilines is 1. The zero-order chi connectivity index (χ0) is 17.2. The Bertz CT molecular complexity index is 622. The molecular weight excluding hydrogens is 304 g/mol. The number of hydrogen-bond donors (Lipinski definition) is 1. The van der Waals surface area contributed by atoms with Crippen LogP contribution in [0.5, 0.6) is 0 Å². The third-order valence-electron chi connectivity index (χ3n) is 5.40. The Balaban J connectivity index is 1.72. The minimum absolute atomic E-state index is 0.270. The van der Waals surface area contributed by atoms with Gasteiger partial charge in [-0.15, -0.1) is 0 Å². The van der Waals surface area contributed by atoms with Crippen LogP contribution >= 0.6 is 0 Å². The van der Waals surface area contributed by atoms with Gasteiger partial charge in [0.2, 0.25) is 0 Å². The first kappa shape index (κ1) is 17.2. The van der Waals surface area contributed by atoms with E-state index in [0.29, 0.717) is 18.7 Å². The van der Waals surface area contributed by atoms with E-state index in [1.807, 2.05) is 12.1 Å². The van der Waals surface area contributed by atoms with Crippen LogP contribution in [-0.4, -0.2) is 66.5 Å². The molecule has 130 valence electrons. The predicted molar refractivity (Wildman–Crippen MR) is 91.8 cm³/mol. The molecular formula is C18H26N4O2. The van der Waals surface area contributed by atoms with Crippen LogP contribution in [0.3, 0.4) is 0 Å². The SMILES string of the molecule is CC1(C)CN(c2cccc(C#N)n2)CC[C@@]1(O)CN1CCOCC1. The summed E-state index contributed by atoms with van der Waals surface area (Å²) in [4.78, 5) is 8.88. The Morgan fingerprint density at radius 1 is 1.29 bits per heavy atom. The number of nitrogens with zero attached hydrogens (tertiary/aromatic N) is 4. The standard InChI is InChI=1S/C18H26N4O2/c1-17(2)13-22(16-5-3-4-15(12-19)20-16)7-6-18(17,23)14-21-8-10-24-11-9-21/h3-5,23H,6-11,13-14H2,1-2H3/t18-/m1/s1. The van der Waals surface area contributed by atoms with Crippen LogP contribution in [0.1, 0.15) is 26.0 Å². The number of nitriles is 1. The van der Waals surface area contributed by atoms with Gasteiger partial charge in [0.15, 0.2) is 0 Å². The van der Waals surface area contributed by atoms with Crippen LogP contribution in [0.25, 0.3) is 0 Å². The highest BCUT2D eigenvalue weighted by molar-refractivity contribution is 5.43. The molecule has 24 heavy (non-hydrogen) atoms. The number of β-amino-alcohol motifs (C(OH)–C–C–N with tert-alkyl or cyclic N) is 1. The molecule has 6 heteroatoms. The highest BCUT2D eigenvalue weighted by atomic mass is 16.5. The summed E-state index contributed by atoms with van der Waals surface area (Å²) in [5.74, 6) is 0.815. The maximum atomic E-state index is 11.3. The molecule has 2 aliphatic rings. The Labute approximate surface area is 143 Å². The average molecular weight is 330 g/mol. The third-order valence-corrected chi connectivity index (χ3v) is 5.40. The monoisotopic (exact) mass is 330 g/mol. The van der Waals surface area contributed by atoms with Crippen molar-refractivity contribution in [1.82, 2.24) is 9.88 Å². The van der Waals surface area contributed by atoms with Gasteiger partial charge in [-0.25, -0.2) is 4.98 Å². The van der Waals surface area contributed by atoms with E-state index in [0.717, 1.165) is 45.2 Å². The van der Waals surface area contributed by atoms with Crippen molar-refractivity contribution in [2.45, 2.75) is 25.9 Å². The van der Waals surface area contributed by atoms with E-state index in [-0.39, 0.29) is 5.41 Å². The highest BCUT2D eigenvalue weighted by Crippen LogP contribution is 2.40. The van der Waals surface area contributed by atoms with Crippen LogP contribution in [0.15, 0.2) is 18.2 Å². The van der Waals surface area contributed by atoms with E-state index in [9.17, 15) is 5.11 Å². The number of ether oxygens (including phenoxy) is 1. The molecule has 0 aliphatic carbocycles. The molecule has 1 aromatic heterocycles. The number of hydrogen-bond acceptors (Lipinski definition) is 6. The summed E-state index contributed by atoms with van der Waals surface area (Å²) >= 11 is 0. The lowest BCUT2D eigenvalue weighted by Crippen LogP contribution is -2.62. The Hall–Kier alpha value is -1.68. The van der Waals surface area contributed by atoms with Crippen molar-refractivity contribution < 1.29 is 9.84 Å². The van der Waals surface area contributed by atoms with Crippen LogP contribution in [-0.2, 0) is 4.74 Å². The highest BCUT2D eigenvalue weighted by Gasteiger charge is 2.48. The molecule has 0 amide bonds. The molecule has 0 bridgehead atoms. The predicted octanol–water partition coefficient (Wildman–Crippen LogP) is 1.25. The summed E-state index contributed by atoms with van der Waals surface area (Å²) in [5.41, 5.74) is -0.568. The van der Waals surface area contributed by atoms with Crippen LogP contribution in [0.2, 0.25) is 0 Å². The summed E-state index contributed by atoms with van der Waals surface area (Å²) in [7, 11) is 0. The fourth-order valence-corrected chi connectivity index (χ4v) is 3.64. The number of piperidine rings is 1. The van der Waals surface area contributed by atoms with E-state index in [1.165, 1.54) is 0 Å². The molecule has 2 fully saturated rings. The third kappa shape index (κ3) is 3.39. The molecule has 0 unspecified atom stereocenters. The Morgan fingerprint density at radius 3 is 2.71 bits per heavy atom. The van der Waals surface area contributed by atoms with Crippen molar-refractivity contribution in [2.24, 2.45) is 5.41 Å². The minimum Gasteiger partial charge on any atom is -0.388 e. The van der Waals surface area contributed by atoms with E-state index in [1.54, 1.807) is 6.07 Å². The van der Waals surface area contributed by atoms with Gasteiger partial charge in [0.25, 0.3) is 0 Å². The summed E-state index contributed by atoms with van der Waals surface area (Å²) in [6.45, 7) is 9.63. The summed E-state index contributed by atoms with van der Waals surface area (Å²) < 4.78 is 5.40. The van der Waals surface area contributed by atoms with E-state index < -0.39 is 5.60 Å². The lowest BCUT2D eigenvalue weighted by Gasteiger charge is -2.52. The van der Waals surface area contributed by atoms with Gasteiger partial charge in [0, 0.05) is 38.1 Å². The Morgan fingerprint density at radius 2 is 2.04 bits per heavy atom. The molecule has 2 saturated heterocycles. The zero-order valence-electron chi connectivity index (χ0n) is 14.5. The van der Waals surface area contributed by atoms with E-state index in [4.69, 9.17) is 10.00 Å². The van der Waals surface area contributed by atoms with Crippen molar-refractivity contribution in [3.05, 3.63) is 23.9 Å². The normalized spacial score (nSPS) is 27.7. The van der Waals surface area contributed by atoms with Crippen molar-refractivity contribution in [3.63, 3.8) is 0 Å². The van der Waals surface area contributed by atoms with Gasteiger partial charge >= 0.3 is 0 Å². The van der Waals surface area contributed by atoms with Gasteiger partial charge in [0.1, 0.15) is 17.6 Å². The minimum atomic E-state index is -0.728. The van der Waals surface area contributed by atoms with E-state index in [2.05, 4.69) is 34.7 Å². The van der Waals surface area contributed by atoms with Gasteiger partial charge in [-0.05, 0) is 18.6 Å². The summed E-state index contributed by atoms with van der Waals surface area (Å²) in [5, 5.41) is 20.4. The fourth-order valence-electron chi connectivity index (χ4n) is 3.64. The van der Waals surface area contributed by atoms with Crippen molar-refractivity contribution in [2.75, 3.05) is 50.8 Å². The second-order valence-corrected chi connectivity index (χ2v) is 7.47. The van der Waals surface area contributed by atoms with Gasteiger partial charge in [-0.3, -0.25) is 4.90 Å². The molecule has 1 N–H and O–H groups in total. The van der Waals surface area contributed by atoms with Crippen LogP contribution in [0.4, 0.5) is 5.82 Å². The van der Waals surface area contributed by atoms with Gasteiger partial charge in [-0.2, -0.15) is 5.26 Å². The first-order valence-electron chi connectivity index (χ1n) is 8.58. The van der Waals surface area contributed by atoms with Crippen molar-refractivity contribution >= 4 is 5.82 Å². The smallest absolute Gasteiger partial charge is 0.142 e. The molecule has 0 radical (unpaired) electrons.